The van der Waals surface area contributed by atoms with Crippen LogP contribution < -0.4 is 0 Å². The molecule has 0 saturated heterocycles. The van der Waals surface area contributed by atoms with Crippen molar-refractivity contribution in [3.05, 3.63) is 83.6 Å². The molecule has 2 aromatic rings. The number of hydrogen-bond acceptors (Lipinski definition) is 2. The Morgan fingerprint density at radius 3 is 2.43 bits per heavy atom. The minimum Gasteiger partial charge on any atom is -0.307 e. The molecule has 2 aromatic carbocycles. The Morgan fingerprint density at radius 1 is 1.09 bits per heavy atom. The zero-order valence-corrected chi connectivity index (χ0v) is 12.5. The highest BCUT2D eigenvalue weighted by atomic mass is 19.1. The standard InChI is InChI=1S/C19H16FNO2/c20-13-14-6-8-16(9-7-14)19(23)21-11-10-17(22)12-18(21)15-4-2-1-3-5-15/h1-11,18H,12-13H2. The van der Waals surface area contributed by atoms with Crippen LogP contribution >= 0.6 is 0 Å². The number of halogens is 1. The summed E-state index contributed by atoms with van der Waals surface area (Å²) in [6, 6.07) is 15.6. The molecule has 1 amide bonds. The van der Waals surface area contributed by atoms with Gasteiger partial charge >= 0.3 is 0 Å². The van der Waals surface area contributed by atoms with E-state index in [1.807, 2.05) is 30.3 Å². The predicted octanol–water partition coefficient (Wildman–Crippen LogP) is 3.83. The van der Waals surface area contributed by atoms with Crippen molar-refractivity contribution in [2.45, 2.75) is 19.1 Å². The summed E-state index contributed by atoms with van der Waals surface area (Å²) in [6.45, 7) is -0.556. The third-order valence-corrected chi connectivity index (χ3v) is 3.93. The van der Waals surface area contributed by atoms with Crippen molar-refractivity contribution < 1.29 is 14.0 Å². The molecule has 0 saturated carbocycles. The van der Waals surface area contributed by atoms with E-state index >= 15 is 0 Å². The lowest BCUT2D eigenvalue weighted by Crippen LogP contribution is -2.34. The fourth-order valence-electron chi connectivity index (χ4n) is 2.67. The molecule has 0 radical (unpaired) electrons. The molecule has 4 heteroatoms. The van der Waals surface area contributed by atoms with E-state index in [-0.39, 0.29) is 24.2 Å². The molecule has 0 aromatic heterocycles. The quantitative estimate of drug-likeness (QED) is 0.864. The molecule has 3 rings (SSSR count). The predicted molar refractivity (Wildman–Crippen MR) is 85.4 cm³/mol. The largest absolute Gasteiger partial charge is 0.307 e. The van der Waals surface area contributed by atoms with Crippen molar-refractivity contribution in [2.75, 3.05) is 0 Å². The molecule has 116 valence electrons. The molecule has 0 aliphatic carbocycles. The summed E-state index contributed by atoms with van der Waals surface area (Å²) in [5.74, 6) is -0.205. The van der Waals surface area contributed by atoms with Crippen molar-refractivity contribution in [1.82, 2.24) is 4.90 Å². The Bertz CT molecular complexity index is 738. The van der Waals surface area contributed by atoms with Gasteiger partial charge in [-0.2, -0.15) is 0 Å². The summed E-state index contributed by atoms with van der Waals surface area (Å²) < 4.78 is 12.6. The highest BCUT2D eigenvalue weighted by Gasteiger charge is 2.29. The summed E-state index contributed by atoms with van der Waals surface area (Å²) in [5, 5.41) is 0. The number of ketones is 1. The van der Waals surface area contributed by atoms with E-state index in [4.69, 9.17) is 0 Å². The average molecular weight is 309 g/mol. The second kappa shape index (κ2) is 6.57. The molecule has 1 aliphatic rings. The number of rotatable bonds is 3. The van der Waals surface area contributed by atoms with Gasteiger partial charge in [-0.25, -0.2) is 4.39 Å². The van der Waals surface area contributed by atoms with Gasteiger partial charge in [0.25, 0.3) is 5.91 Å². The normalized spacial score (nSPS) is 17.3. The second-order valence-corrected chi connectivity index (χ2v) is 5.46. The fourth-order valence-corrected chi connectivity index (χ4v) is 2.67. The Morgan fingerprint density at radius 2 is 1.78 bits per heavy atom. The van der Waals surface area contributed by atoms with Gasteiger partial charge in [0.1, 0.15) is 6.67 Å². The summed E-state index contributed by atoms with van der Waals surface area (Å²) in [6.07, 6.45) is 3.22. The van der Waals surface area contributed by atoms with Gasteiger partial charge in [-0.15, -0.1) is 0 Å². The number of benzene rings is 2. The second-order valence-electron chi connectivity index (χ2n) is 5.46. The van der Waals surface area contributed by atoms with E-state index in [0.29, 0.717) is 11.1 Å². The van der Waals surface area contributed by atoms with Crippen LogP contribution in [-0.2, 0) is 11.5 Å². The van der Waals surface area contributed by atoms with E-state index in [2.05, 4.69) is 0 Å². The minimum absolute atomic E-state index is 0.00400. The van der Waals surface area contributed by atoms with Crippen LogP contribution in [0.3, 0.4) is 0 Å². The van der Waals surface area contributed by atoms with Crippen LogP contribution in [0.25, 0.3) is 0 Å². The molecule has 1 aliphatic heterocycles. The first kappa shape index (κ1) is 15.2. The molecule has 0 fully saturated rings. The number of carbonyl (C=O) groups excluding carboxylic acids is 2. The van der Waals surface area contributed by atoms with Crippen LogP contribution in [-0.4, -0.2) is 16.6 Å². The third kappa shape index (κ3) is 3.21. The van der Waals surface area contributed by atoms with Crippen molar-refractivity contribution in [3.8, 4) is 0 Å². The molecule has 23 heavy (non-hydrogen) atoms. The van der Waals surface area contributed by atoms with Gasteiger partial charge in [-0.05, 0) is 29.3 Å². The van der Waals surface area contributed by atoms with E-state index < -0.39 is 6.67 Å². The minimum atomic E-state index is -0.556. The van der Waals surface area contributed by atoms with Crippen molar-refractivity contribution in [3.63, 3.8) is 0 Å². The van der Waals surface area contributed by atoms with Gasteiger partial charge in [0.2, 0.25) is 0 Å². The fraction of sp³-hybridized carbons (Fsp3) is 0.158. The first-order valence-electron chi connectivity index (χ1n) is 7.42. The SMILES string of the molecule is O=C1C=CN(C(=O)c2ccc(CF)cc2)C(c2ccccc2)C1. The highest BCUT2D eigenvalue weighted by molar-refractivity contribution is 5.98. The first-order chi connectivity index (χ1) is 11.2. The Balaban J connectivity index is 1.92. The zero-order valence-electron chi connectivity index (χ0n) is 12.5. The molecular weight excluding hydrogens is 293 g/mol. The molecule has 1 unspecified atom stereocenters. The monoisotopic (exact) mass is 309 g/mol. The molecule has 0 bridgehead atoms. The number of alkyl halides is 1. The number of carbonyl (C=O) groups is 2. The van der Waals surface area contributed by atoms with Crippen molar-refractivity contribution in [1.29, 1.82) is 0 Å². The highest BCUT2D eigenvalue weighted by Crippen LogP contribution is 2.29. The Labute approximate surface area is 134 Å². The van der Waals surface area contributed by atoms with Crippen LogP contribution in [0.15, 0.2) is 66.9 Å². The molecular formula is C19H16FNO2. The molecule has 1 heterocycles. The van der Waals surface area contributed by atoms with E-state index in [0.717, 1.165) is 5.56 Å². The van der Waals surface area contributed by atoms with Crippen LogP contribution in [0.4, 0.5) is 4.39 Å². The topological polar surface area (TPSA) is 37.4 Å². The third-order valence-electron chi connectivity index (χ3n) is 3.93. The maximum Gasteiger partial charge on any atom is 0.258 e. The molecule has 3 nitrogen and oxygen atoms in total. The number of nitrogens with zero attached hydrogens (tertiary/aromatic N) is 1. The van der Waals surface area contributed by atoms with Crippen LogP contribution in [0.5, 0.6) is 0 Å². The molecule has 0 N–H and O–H groups in total. The maximum atomic E-state index is 12.8. The summed E-state index contributed by atoms with van der Waals surface area (Å²) in [7, 11) is 0. The van der Waals surface area contributed by atoms with Gasteiger partial charge in [0.15, 0.2) is 5.78 Å². The summed E-state index contributed by atoms with van der Waals surface area (Å²) >= 11 is 0. The smallest absolute Gasteiger partial charge is 0.258 e. The van der Waals surface area contributed by atoms with Crippen LogP contribution in [0.1, 0.15) is 33.9 Å². The molecule has 1 atom stereocenters. The maximum absolute atomic E-state index is 12.8. The Kier molecular flexibility index (Phi) is 4.33. The van der Waals surface area contributed by atoms with E-state index in [1.165, 1.54) is 12.3 Å². The summed E-state index contributed by atoms with van der Waals surface area (Å²) in [4.78, 5) is 26.1. The number of amides is 1. The lowest BCUT2D eigenvalue weighted by atomic mass is 9.96. The zero-order chi connectivity index (χ0) is 16.2. The van der Waals surface area contributed by atoms with E-state index in [9.17, 15) is 14.0 Å². The average Bonchev–Trinajstić information content (AvgIpc) is 2.62. The Hall–Kier alpha value is -2.75. The van der Waals surface area contributed by atoms with Gasteiger partial charge < -0.3 is 4.90 Å². The van der Waals surface area contributed by atoms with Crippen LogP contribution in [0, 0.1) is 0 Å². The lowest BCUT2D eigenvalue weighted by molar-refractivity contribution is -0.116. The number of allylic oxidation sites excluding steroid dienone is 1. The van der Waals surface area contributed by atoms with Crippen LogP contribution in [0.2, 0.25) is 0 Å². The number of hydrogen-bond donors (Lipinski definition) is 0. The van der Waals surface area contributed by atoms with Crippen molar-refractivity contribution >= 4 is 11.7 Å². The summed E-state index contributed by atoms with van der Waals surface area (Å²) in [5.41, 5.74) is 1.92. The lowest BCUT2D eigenvalue weighted by Gasteiger charge is -2.31. The van der Waals surface area contributed by atoms with Gasteiger partial charge in [0.05, 0.1) is 6.04 Å². The van der Waals surface area contributed by atoms with Crippen molar-refractivity contribution in [2.24, 2.45) is 0 Å². The molecule has 0 spiro atoms. The first-order valence-corrected chi connectivity index (χ1v) is 7.42. The van der Waals surface area contributed by atoms with Gasteiger partial charge in [-0.3, -0.25) is 9.59 Å². The van der Waals surface area contributed by atoms with Gasteiger partial charge in [0, 0.05) is 18.2 Å². The van der Waals surface area contributed by atoms with E-state index in [1.54, 1.807) is 29.2 Å². The van der Waals surface area contributed by atoms with Gasteiger partial charge in [-0.1, -0.05) is 42.5 Å².